The van der Waals surface area contributed by atoms with Gasteiger partial charge in [0, 0.05) is 0 Å². The molecular weight excluding hydrogens is 138 g/mol. The number of amidine groups is 1. The zero-order chi connectivity index (χ0) is 7.68. The quantitative estimate of drug-likeness (QED) is 0.577. The van der Waals surface area contributed by atoms with E-state index in [4.69, 9.17) is 5.73 Å². The molecule has 0 saturated carbocycles. The molecule has 0 aromatic heterocycles. The van der Waals surface area contributed by atoms with E-state index in [0.29, 0.717) is 12.4 Å². The Morgan fingerprint density at radius 1 is 1.36 bits per heavy atom. The van der Waals surface area contributed by atoms with E-state index >= 15 is 0 Å². The van der Waals surface area contributed by atoms with Gasteiger partial charge in [-0.2, -0.15) is 0 Å². The molecule has 56 valence electrons. The summed E-state index contributed by atoms with van der Waals surface area (Å²) in [5, 5.41) is 3.16. The molecular formula is C8H9N3. The molecule has 0 radical (unpaired) electrons. The monoisotopic (exact) mass is 147 g/mol. The maximum atomic E-state index is 5.54. The molecule has 2 rings (SSSR count). The topological polar surface area (TPSA) is 50.4 Å². The number of nitrogens with two attached hydrogens (primary N) is 1. The van der Waals surface area contributed by atoms with Crippen LogP contribution in [0.3, 0.4) is 0 Å². The number of nitrogens with one attached hydrogen (secondary N) is 1. The number of para-hydroxylation sites is 2. The number of nitrogens with zero attached hydrogens (tertiary/aromatic N) is 1. The maximum Gasteiger partial charge on any atom is 0.119 e. The minimum Gasteiger partial charge on any atom is -0.386 e. The molecule has 0 spiro atoms. The first-order valence-electron chi connectivity index (χ1n) is 3.52. The van der Waals surface area contributed by atoms with E-state index < -0.39 is 0 Å². The number of hydrogen-bond donors (Lipinski definition) is 2. The molecule has 0 aliphatic carbocycles. The maximum absolute atomic E-state index is 5.54. The number of anilines is 1. The van der Waals surface area contributed by atoms with Crippen molar-refractivity contribution in [2.24, 2.45) is 10.7 Å². The summed E-state index contributed by atoms with van der Waals surface area (Å²) in [6, 6.07) is 7.85. The van der Waals surface area contributed by atoms with E-state index in [9.17, 15) is 0 Å². The Bertz CT molecular complexity index is 304. The highest BCUT2D eigenvalue weighted by Gasteiger charge is 2.05. The first-order chi connectivity index (χ1) is 5.36. The number of aliphatic imine (C=N–C) groups is 1. The van der Waals surface area contributed by atoms with Crippen LogP contribution in [0, 0.1) is 0 Å². The highest BCUT2D eigenvalue weighted by Crippen LogP contribution is 2.25. The molecule has 3 heteroatoms. The molecule has 0 bridgehead atoms. The van der Waals surface area contributed by atoms with Crippen LogP contribution in [0.1, 0.15) is 0 Å². The lowest BCUT2D eigenvalue weighted by Crippen LogP contribution is -2.24. The summed E-state index contributed by atoms with van der Waals surface area (Å²) in [5.41, 5.74) is 7.52. The van der Waals surface area contributed by atoms with Crippen molar-refractivity contribution in [2.75, 3.05) is 11.9 Å². The summed E-state index contributed by atoms with van der Waals surface area (Å²) in [4.78, 5) is 4.18. The van der Waals surface area contributed by atoms with Crippen LogP contribution in [0.25, 0.3) is 0 Å². The lowest BCUT2D eigenvalue weighted by molar-refractivity contribution is 1.27. The van der Waals surface area contributed by atoms with Crippen LogP contribution in [0.15, 0.2) is 29.3 Å². The molecule has 0 fully saturated rings. The Balaban J connectivity index is 2.51. The Morgan fingerprint density at radius 3 is 3.09 bits per heavy atom. The van der Waals surface area contributed by atoms with E-state index in [-0.39, 0.29) is 0 Å². The standard InChI is InChI=1S/C8H9N3/c9-8-5-10-6-3-1-2-4-7(6)11-8/h1-4,10H,5H2,(H2,9,11). The Hall–Kier alpha value is -1.51. The van der Waals surface area contributed by atoms with E-state index in [1.54, 1.807) is 0 Å². The minimum absolute atomic E-state index is 0.642. The molecule has 0 unspecified atom stereocenters. The second kappa shape index (κ2) is 2.27. The van der Waals surface area contributed by atoms with E-state index in [2.05, 4.69) is 10.3 Å². The van der Waals surface area contributed by atoms with Crippen molar-refractivity contribution in [1.29, 1.82) is 0 Å². The summed E-state index contributed by atoms with van der Waals surface area (Å²) in [5.74, 6) is 0.642. The largest absolute Gasteiger partial charge is 0.386 e. The van der Waals surface area contributed by atoms with Gasteiger partial charge >= 0.3 is 0 Å². The van der Waals surface area contributed by atoms with Gasteiger partial charge in [-0.3, -0.25) is 0 Å². The van der Waals surface area contributed by atoms with Crippen LogP contribution in [-0.4, -0.2) is 12.4 Å². The van der Waals surface area contributed by atoms with Crippen molar-refractivity contribution >= 4 is 17.2 Å². The Kier molecular flexibility index (Phi) is 1.28. The summed E-state index contributed by atoms with van der Waals surface area (Å²) in [7, 11) is 0. The van der Waals surface area contributed by atoms with Crippen LogP contribution in [-0.2, 0) is 0 Å². The van der Waals surface area contributed by atoms with Crippen LogP contribution in [0.5, 0.6) is 0 Å². The minimum atomic E-state index is 0.642. The third-order valence-electron chi connectivity index (χ3n) is 1.63. The summed E-state index contributed by atoms with van der Waals surface area (Å²) >= 11 is 0. The Labute approximate surface area is 64.9 Å². The van der Waals surface area contributed by atoms with Gasteiger partial charge in [0.25, 0.3) is 0 Å². The third kappa shape index (κ3) is 1.05. The number of benzene rings is 1. The van der Waals surface area contributed by atoms with Crippen LogP contribution >= 0.6 is 0 Å². The predicted molar refractivity (Wildman–Crippen MR) is 46.2 cm³/mol. The molecule has 1 aromatic rings. The first-order valence-corrected chi connectivity index (χ1v) is 3.52. The van der Waals surface area contributed by atoms with Gasteiger partial charge in [0.15, 0.2) is 0 Å². The summed E-state index contributed by atoms with van der Waals surface area (Å²) in [6.45, 7) is 0.650. The van der Waals surface area contributed by atoms with Crippen molar-refractivity contribution in [2.45, 2.75) is 0 Å². The van der Waals surface area contributed by atoms with E-state index in [1.165, 1.54) is 0 Å². The third-order valence-corrected chi connectivity index (χ3v) is 1.63. The molecule has 0 atom stereocenters. The fraction of sp³-hybridized carbons (Fsp3) is 0.125. The molecule has 3 nitrogen and oxygen atoms in total. The molecule has 0 amide bonds. The summed E-state index contributed by atoms with van der Waals surface area (Å²) < 4.78 is 0. The van der Waals surface area contributed by atoms with Crippen molar-refractivity contribution in [3.8, 4) is 0 Å². The highest BCUT2D eigenvalue weighted by atomic mass is 15.0. The fourth-order valence-corrected chi connectivity index (χ4v) is 1.10. The van der Waals surface area contributed by atoms with Gasteiger partial charge in [-0.05, 0) is 12.1 Å². The van der Waals surface area contributed by atoms with Gasteiger partial charge in [-0.1, -0.05) is 12.1 Å². The van der Waals surface area contributed by atoms with E-state index in [1.807, 2.05) is 24.3 Å². The Morgan fingerprint density at radius 2 is 2.18 bits per heavy atom. The molecule has 0 saturated heterocycles. The predicted octanol–water partition coefficient (Wildman–Crippen LogP) is 1.10. The highest BCUT2D eigenvalue weighted by molar-refractivity contribution is 5.92. The second-order valence-corrected chi connectivity index (χ2v) is 2.47. The molecule has 1 heterocycles. The normalized spacial score (nSPS) is 14.7. The molecule has 1 aliphatic rings. The second-order valence-electron chi connectivity index (χ2n) is 2.47. The zero-order valence-electron chi connectivity index (χ0n) is 6.04. The van der Waals surface area contributed by atoms with Crippen molar-refractivity contribution in [1.82, 2.24) is 0 Å². The van der Waals surface area contributed by atoms with Gasteiger partial charge in [0.2, 0.25) is 0 Å². The number of rotatable bonds is 0. The average molecular weight is 147 g/mol. The molecule has 1 aliphatic heterocycles. The fourth-order valence-electron chi connectivity index (χ4n) is 1.10. The van der Waals surface area contributed by atoms with Crippen molar-refractivity contribution in [3.05, 3.63) is 24.3 Å². The van der Waals surface area contributed by atoms with Crippen LogP contribution in [0.2, 0.25) is 0 Å². The van der Waals surface area contributed by atoms with Gasteiger partial charge in [0.1, 0.15) is 5.84 Å². The summed E-state index contributed by atoms with van der Waals surface area (Å²) in [6.07, 6.45) is 0. The zero-order valence-corrected chi connectivity index (χ0v) is 6.04. The lowest BCUT2D eigenvalue weighted by atomic mass is 10.2. The van der Waals surface area contributed by atoms with Gasteiger partial charge < -0.3 is 11.1 Å². The van der Waals surface area contributed by atoms with Crippen LogP contribution < -0.4 is 11.1 Å². The van der Waals surface area contributed by atoms with E-state index in [0.717, 1.165) is 11.4 Å². The number of fused-ring (bicyclic) bond motifs is 1. The van der Waals surface area contributed by atoms with Gasteiger partial charge in [-0.15, -0.1) is 0 Å². The van der Waals surface area contributed by atoms with Crippen LogP contribution in [0.4, 0.5) is 11.4 Å². The van der Waals surface area contributed by atoms with Crippen molar-refractivity contribution in [3.63, 3.8) is 0 Å². The molecule has 1 aromatic carbocycles. The van der Waals surface area contributed by atoms with Crippen molar-refractivity contribution < 1.29 is 0 Å². The first kappa shape index (κ1) is 6.22. The average Bonchev–Trinajstić information content (AvgIpc) is 2.04. The van der Waals surface area contributed by atoms with Gasteiger partial charge in [-0.25, -0.2) is 4.99 Å². The molecule has 11 heavy (non-hydrogen) atoms. The lowest BCUT2D eigenvalue weighted by Gasteiger charge is -2.13. The molecule has 3 N–H and O–H groups in total. The van der Waals surface area contributed by atoms with Gasteiger partial charge in [0.05, 0.1) is 17.9 Å². The number of hydrogen-bond acceptors (Lipinski definition) is 3. The smallest absolute Gasteiger partial charge is 0.119 e. The SMILES string of the molecule is NC1=Nc2ccccc2NC1.